The van der Waals surface area contributed by atoms with Crippen LogP contribution in [0.5, 0.6) is 0 Å². The molecule has 0 unspecified atom stereocenters. The van der Waals surface area contributed by atoms with Gasteiger partial charge in [0.2, 0.25) is 11.7 Å². The molecule has 0 fully saturated rings. The van der Waals surface area contributed by atoms with Crippen LogP contribution < -0.4 is 5.32 Å². The van der Waals surface area contributed by atoms with Gasteiger partial charge < -0.3 is 14.7 Å². The second kappa shape index (κ2) is 7.53. The van der Waals surface area contributed by atoms with E-state index in [1.165, 1.54) is 23.1 Å². The van der Waals surface area contributed by atoms with Crippen molar-refractivity contribution >= 4 is 11.8 Å². The minimum absolute atomic E-state index is 0.0870. The number of nitrogens with one attached hydrogen (secondary N) is 1. The molecule has 122 valence electrons. The summed E-state index contributed by atoms with van der Waals surface area (Å²) < 4.78 is 17.7. The number of aryl methyl sites for hydroxylation is 1. The number of carbonyl (C=O) groups is 2. The number of amides is 2. The van der Waals surface area contributed by atoms with E-state index < -0.39 is 0 Å². The normalized spacial score (nSPS) is 10.4. The third-order valence-electron chi connectivity index (χ3n) is 3.25. The summed E-state index contributed by atoms with van der Waals surface area (Å²) >= 11 is 0. The Morgan fingerprint density at radius 1 is 1.30 bits per heavy atom. The number of halogens is 1. The zero-order valence-electron chi connectivity index (χ0n) is 13.0. The monoisotopic (exact) mass is 319 g/mol. The largest absolute Gasteiger partial charge is 0.351 e. The number of likely N-dealkylation sites (N-methyl/N-ethyl adjacent to an activating group) is 1. The molecule has 0 bridgehead atoms. The van der Waals surface area contributed by atoms with Gasteiger partial charge in [-0.2, -0.15) is 0 Å². The van der Waals surface area contributed by atoms with Crippen molar-refractivity contribution in [1.82, 2.24) is 15.4 Å². The quantitative estimate of drug-likeness (QED) is 0.882. The van der Waals surface area contributed by atoms with Crippen LogP contribution in [0.15, 0.2) is 34.9 Å². The standard InChI is InChI=1S/C16H18FN3O3/c1-3-20(16(22)14-8-11(2)19-23-14)10-15(21)18-9-12-4-6-13(17)7-5-12/h4-8H,3,9-10H2,1-2H3,(H,18,21). The van der Waals surface area contributed by atoms with E-state index in [0.29, 0.717) is 12.2 Å². The van der Waals surface area contributed by atoms with Crippen molar-refractivity contribution in [3.63, 3.8) is 0 Å². The molecule has 2 amide bonds. The number of carbonyl (C=O) groups excluding carboxylic acids is 2. The van der Waals surface area contributed by atoms with Gasteiger partial charge in [-0.05, 0) is 31.5 Å². The number of hydrogen-bond acceptors (Lipinski definition) is 4. The first kappa shape index (κ1) is 16.7. The van der Waals surface area contributed by atoms with Crippen LogP contribution >= 0.6 is 0 Å². The molecule has 0 spiro atoms. The third kappa shape index (κ3) is 4.64. The van der Waals surface area contributed by atoms with Crippen molar-refractivity contribution in [2.75, 3.05) is 13.1 Å². The molecule has 0 aliphatic heterocycles. The molecule has 7 heteroatoms. The van der Waals surface area contributed by atoms with Gasteiger partial charge >= 0.3 is 0 Å². The van der Waals surface area contributed by atoms with Crippen LogP contribution in [0.1, 0.15) is 28.7 Å². The zero-order chi connectivity index (χ0) is 16.8. The lowest BCUT2D eigenvalue weighted by molar-refractivity contribution is -0.121. The van der Waals surface area contributed by atoms with Crippen LogP contribution in [-0.4, -0.2) is 35.0 Å². The van der Waals surface area contributed by atoms with Gasteiger partial charge in [0.25, 0.3) is 5.91 Å². The van der Waals surface area contributed by atoms with Gasteiger partial charge in [0.1, 0.15) is 5.82 Å². The Morgan fingerprint density at radius 2 is 2.00 bits per heavy atom. The highest BCUT2D eigenvalue weighted by Crippen LogP contribution is 2.07. The molecular formula is C16H18FN3O3. The summed E-state index contributed by atoms with van der Waals surface area (Å²) in [7, 11) is 0. The molecule has 2 rings (SSSR count). The lowest BCUT2D eigenvalue weighted by Crippen LogP contribution is -2.40. The summed E-state index contributed by atoms with van der Waals surface area (Å²) in [5.74, 6) is -0.910. The molecule has 0 radical (unpaired) electrons. The second-order valence-electron chi connectivity index (χ2n) is 5.06. The first-order chi connectivity index (χ1) is 11.0. The first-order valence-electron chi connectivity index (χ1n) is 7.23. The first-order valence-corrected chi connectivity index (χ1v) is 7.23. The number of nitrogens with zero attached hydrogens (tertiary/aromatic N) is 2. The van der Waals surface area contributed by atoms with E-state index in [4.69, 9.17) is 4.52 Å². The smallest absolute Gasteiger partial charge is 0.292 e. The Labute approximate surface area is 133 Å². The Bertz CT molecular complexity index is 682. The number of rotatable bonds is 6. The van der Waals surface area contributed by atoms with E-state index >= 15 is 0 Å². The SMILES string of the molecule is CCN(CC(=O)NCc1ccc(F)cc1)C(=O)c1cc(C)no1. The molecular weight excluding hydrogens is 301 g/mol. The molecule has 1 aromatic carbocycles. The minimum Gasteiger partial charge on any atom is -0.351 e. The molecule has 1 heterocycles. The topological polar surface area (TPSA) is 75.4 Å². The average molecular weight is 319 g/mol. The maximum atomic E-state index is 12.8. The Morgan fingerprint density at radius 3 is 2.57 bits per heavy atom. The predicted octanol–water partition coefficient (Wildman–Crippen LogP) is 1.90. The maximum absolute atomic E-state index is 12.8. The van der Waals surface area contributed by atoms with E-state index in [1.807, 2.05) is 0 Å². The third-order valence-corrected chi connectivity index (χ3v) is 3.25. The molecule has 0 aliphatic carbocycles. The summed E-state index contributed by atoms with van der Waals surface area (Å²) in [4.78, 5) is 25.5. The lowest BCUT2D eigenvalue weighted by atomic mass is 10.2. The molecule has 0 saturated carbocycles. The van der Waals surface area contributed by atoms with Crippen molar-refractivity contribution in [2.24, 2.45) is 0 Å². The average Bonchev–Trinajstić information content (AvgIpc) is 2.98. The molecule has 0 saturated heterocycles. The van der Waals surface area contributed by atoms with Crippen molar-refractivity contribution in [3.05, 3.63) is 53.2 Å². The van der Waals surface area contributed by atoms with Gasteiger partial charge in [-0.1, -0.05) is 17.3 Å². The Kier molecular flexibility index (Phi) is 5.46. The molecule has 0 aliphatic rings. The van der Waals surface area contributed by atoms with Crippen LogP contribution in [0.2, 0.25) is 0 Å². The van der Waals surface area contributed by atoms with E-state index in [2.05, 4.69) is 10.5 Å². The van der Waals surface area contributed by atoms with Gasteiger partial charge in [-0.15, -0.1) is 0 Å². The van der Waals surface area contributed by atoms with Crippen molar-refractivity contribution < 1.29 is 18.5 Å². The van der Waals surface area contributed by atoms with Crippen LogP contribution in [-0.2, 0) is 11.3 Å². The lowest BCUT2D eigenvalue weighted by Gasteiger charge is -2.18. The van der Waals surface area contributed by atoms with Gasteiger partial charge in [0, 0.05) is 19.2 Å². The number of hydrogen-bond donors (Lipinski definition) is 1. The number of benzene rings is 1. The van der Waals surface area contributed by atoms with Crippen LogP contribution in [0, 0.1) is 12.7 Å². The molecule has 23 heavy (non-hydrogen) atoms. The van der Waals surface area contributed by atoms with Gasteiger partial charge in [-0.3, -0.25) is 9.59 Å². The Hall–Kier alpha value is -2.70. The fraction of sp³-hybridized carbons (Fsp3) is 0.312. The highest BCUT2D eigenvalue weighted by molar-refractivity contribution is 5.94. The summed E-state index contributed by atoms with van der Waals surface area (Å²) in [6.07, 6.45) is 0. The highest BCUT2D eigenvalue weighted by atomic mass is 19.1. The van der Waals surface area contributed by atoms with Gasteiger partial charge in [-0.25, -0.2) is 4.39 Å². The molecule has 6 nitrogen and oxygen atoms in total. The Balaban J connectivity index is 1.89. The maximum Gasteiger partial charge on any atom is 0.292 e. The van der Waals surface area contributed by atoms with Crippen molar-refractivity contribution in [2.45, 2.75) is 20.4 Å². The van der Waals surface area contributed by atoms with Crippen LogP contribution in [0.3, 0.4) is 0 Å². The van der Waals surface area contributed by atoms with Crippen LogP contribution in [0.4, 0.5) is 4.39 Å². The molecule has 1 aromatic heterocycles. The van der Waals surface area contributed by atoms with E-state index in [1.54, 1.807) is 26.0 Å². The fourth-order valence-electron chi connectivity index (χ4n) is 1.98. The summed E-state index contributed by atoms with van der Waals surface area (Å²) in [5.41, 5.74) is 1.38. The molecule has 2 aromatic rings. The summed E-state index contributed by atoms with van der Waals surface area (Å²) in [6, 6.07) is 7.37. The molecule has 1 N–H and O–H groups in total. The van der Waals surface area contributed by atoms with E-state index in [-0.39, 0.29) is 36.5 Å². The summed E-state index contributed by atoms with van der Waals surface area (Å²) in [6.45, 7) is 4.03. The van der Waals surface area contributed by atoms with Crippen molar-refractivity contribution in [3.8, 4) is 0 Å². The fourth-order valence-corrected chi connectivity index (χ4v) is 1.98. The second-order valence-corrected chi connectivity index (χ2v) is 5.06. The van der Waals surface area contributed by atoms with E-state index in [9.17, 15) is 14.0 Å². The van der Waals surface area contributed by atoms with Crippen LogP contribution in [0.25, 0.3) is 0 Å². The van der Waals surface area contributed by atoms with Crippen molar-refractivity contribution in [1.29, 1.82) is 0 Å². The number of aromatic nitrogens is 1. The summed E-state index contributed by atoms with van der Waals surface area (Å²) in [5, 5.41) is 6.36. The highest BCUT2D eigenvalue weighted by Gasteiger charge is 2.20. The van der Waals surface area contributed by atoms with Gasteiger partial charge in [0.05, 0.1) is 12.2 Å². The van der Waals surface area contributed by atoms with E-state index in [0.717, 1.165) is 5.56 Å². The zero-order valence-corrected chi connectivity index (χ0v) is 13.0. The predicted molar refractivity (Wildman–Crippen MR) is 81.1 cm³/mol. The molecule has 0 atom stereocenters. The minimum atomic E-state index is -0.384. The van der Waals surface area contributed by atoms with Gasteiger partial charge in [0.15, 0.2) is 0 Å².